The fraction of sp³-hybridized carbons (Fsp3) is 0.875. The summed E-state index contributed by atoms with van der Waals surface area (Å²) in [6, 6.07) is 0. The van der Waals surface area contributed by atoms with Gasteiger partial charge in [-0.1, -0.05) is 123 Å². The molecule has 0 aromatic carbocycles. The lowest BCUT2D eigenvalue weighted by atomic mass is 10.0. The van der Waals surface area contributed by atoms with E-state index in [1.165, 1.54) is 96.8 Å². The number of likely N-dealkylation sites (tertiary alicyclic amines) is 1. The van der Waals surface area contributed by atoms with E-state index in [1.807, 2.05) is 6.92 Å². The predicted octanol–water partition coefficient (Wildman–Crippen LogP) is 7.75. The fourth-order valence-corrected chi connectivity index (χ4v) is 7.80. The first kappa shape index (κ1) is 50.2. The number of quaternary nitrogens is 1. The molecule has 16 heteroatoms. The number of hydrogen-bond donors (Lipinski definition) is 3. The molecule has 3 N–H and O–H groups in total. The second-order valence-corrected chi connectivity index (χ2v) is 17.4. The summed E-state index contributed by atoms with van der Waals surface area (Å²) in [5.41, 5.74) is -0.951. The number of unbranched alkanes of at least 4 members (excludes halogenated alkanes) is 17. The van der Waals surface area contributed by atoms with E-state index in [-0.39, 0.29) is 19.3 Å². The first-order valence-corrected chi connectivity index (χ1v) is 22.9. The molecule has 1 amide bonds. The Bertz CT molecular complexity index is 1330. The molecule has 0 bridgehead atoms. The molecule has 3 heterocycles. The number of phosphoric acid groups is 1. The first-order chi connectivity index (χ1) is 26.7. The number of anilines is 1. The van der Waals surface area contributed by atoms with E-state index in [4.69, 9.17) is 18.5 Å². The molecule has 1 unspecified atom stereocenters. The van der Waals surface area contributed by atoms with Crippen LogP contribution in [0.4, 0.5) is 15.0 Å². The summed E-state index contributed by atoms with van der Waals surface area (Å²) in [5.74, 6) is -1.59. The molecule has 326 valence electrons. The Morgan fingerprint density at radius 3 is 1.88 bits per heavy atom. The van der Waals surface area contributed by atoms with Gasteiger partial charge in [0.2, 0.25) is 0 Å². The van der Waals surface area contributed by atoms with E-state index >= 15 is 0 Å². The van der Waals surface area contributed by atoms with Crippen molar-refractivity contribution in [3.05, 3.63) is 22.5 Å². The van der Waals surface area contributed by atoms with E-state index in [2.05, 4.69) is 31.3 Å². The van der Waals surface area contributed by atoms with Gasteiger partial charge in [0.15, 0.2) is 17.9 Å². The summed E-state index contributed by atoms with van der Waals surface area (Å²) < 4.78 is 48.2. The highest BCUT2D eigenvalue weighted by atomic mass is 31.2. The first-order valence-electron chi connectivity index (χ1n) is 21.4. The van der Waals surface area contributed by atoms with Crippen LogP contribution in [0.25, 0.3) is 0 Å². The Morgan fingerprint density at radius 2 is 1.38 bits per heavy atom. The van der Waals surface area contributed by atoms with Crippen molar-refractivity contribution in [3.63, 3.8) is 0 Å². The third-order valence-corrected chi connectivity index (χ3v) is 11.6. The SMILES string of the molecule is CCCCCCCCCCCCCCCCCCOP(=O)([O-])OC1CC[N+](C)(C)CC1.CCCCCOC(=O)Nc1nc(=O)n([C@@H]2O[C@H](C)[C@@H](O)[C@H]2O)cc1F. The van der Waals surface area contributed by atoms with Crippen LogP contribution in [0.3, 0.4) is 0 Å². The summed E-state index contributed by atoms with van der Waals surface area (Å²) in [5, 5.41) is 21.6. The number of rotatable bonds is 26. The van der Waals surface area contributed by atoms with Crippen molar-refractivity contribution >= 4 is 19.7 Å². The maximum atomic E-state index is 14.1. The molecule has 0 saturated carbocycles. The van der Waals surface area contributed by atoms with Crippen molar-refractivity contribution in [1.29, 1.82) is 0 Å². The monoisotopic (exact) mass is 821 g/mol. The molecule has 2 aliphatic rings. The summed E-state index contributed by atoms with van der Waals surface area (Å²) in [7, 11) is 0.185. The van der Waals surface area contributed by atoms with E-state index < -0.39 is 55.8 Å². The largest absolute Gasteiger partial charge is 0.756 e. The minimum Gasteiger partial charge on any atom is -0.756 e. The van der Waals surface area contributed by atoms with Gasteiger partial charge in [-0.15, -0.1) is 0 Å². The van der Waals surface area contributed by atoms with Crippen molar-refractivity contribution in [3.8, 4) is 0 Å². The highest BCUT2D eigenvalue weighted by Gasteiger charge is 2.42. The zero-order valence-electron chi connectivity index (χ0n) is 35.0. The molecule has 1 aromatic rings. The number of nitrogens with zero attached hydrogens (tertiary/aromatic N) is 3. The molecule has 3 rings (SSSR count). The van der Waals surface area contributed by atoms with Crippen molar-refractivity contribution < 1.29 is 51.9 Å². The molecular weight excluding hydrogens is 746 g/mol. The smallest absolute Gasteiger partial charge is 0.412 e. The molecule has 2 aliphatic heterocycles. The Morgan fingerprint density at radius 1 is 0.893 bits per heavy atom. The molecule has 0 spiro atoms. The van der Waals surface area contributed by atoms with Gasteiger partial charge in [-0.2, -0.15) is 4.98 Å². The average molecular weight is 821 g/mol. The van der Waals surface area contributed by atoms with Crippen LogP contribution in [0.5, 0.6) is 0 Å². The van der Waals surface area contributed by atoms with Crippen molar-refractivity contribution in [2.75, 3.05) is 45.7 Å². The van der Waals surface area contributed by atoms with Gasteiger partial charge in [0, 0.05) is 12.8 Å². The molecule has 56 heavy (non-hydrogen) atoms. The third-order valence-electron chi connectivity index (χ3n) is 10.5. The third kappa shape index (κ3) is 20.6. The lowest BCUT2D eigenvalue weighted by Gasteiger charge is -2.38. The van der Waals surface area contributed by atoms with Crippen molar-refractivity contribution in [2.45, 2.75) is 186 Å². The average Bonchev–Trinajstić information content (AvgIpc) is 3.40. The Labute approximate surface area is 335 Å². The molecule has 0 radical (unpaired) electrons. The van der Waals surface area contributed by atoms with E-state index in [1.54, 1.807) is 0 Å². The number of aliphatic hydroxyl groups is 2. The van der Waals surface area contributed by atoms with Crippen LogP contribution in [-0.4, -0.2) is 95.2 Å². The number of amides is 1. The maximum Gasteiger partial charge on any atom is 0.412 e. The number of aliphatic hydroxyl groups excluding tert-OH is 2. The predicted molar refractivity (Wildman–Crippen MR) is 214 cm³/mol. The quantitative estimate of drug-likeness (QED) is 0.0472. The van der Waals surface area contributed by atoms with E-state index in [0.29, 0.717) is 6.42 Å². The van der Waals surface area contributed by atoms with Gasteiger partial charge < -0.3 is 38.1 Å². The number of carbonyl (C=O) groups excluding carboxylic acids is 1. The summed E-state index contributed by atoms with van der Waals surface area (Å²) in [6.07, 6.45) is 20.0. The second-order valence-electron chi connectivity index (χ2n) is 16.1. The van der Waals surface area contributed by atoms with E-state index in [0.717, 1.165) is 66.9 Å². The molecular formula is C40H74FN4O10P. The molecule has 1 aromatic heterocycles. The number of piperidine rings is 1. The van der Waals surface area contributed by atoms with E-state index in [9.17, 15) is 33.7 Å². The Hall–Kier alpha value is -1.97. The second kappa shape index (κ2) is 27.7. The molecule has 5 atom stereocenters. The highest BCUT2D eigenvalue weighted by Crippen LogP contribution is 2.42. The maximum absolute atomic E-state index is 14.1. The molecule has 0 aliphatic carbocycles. The molecule has 2 saturated heterocycles. The summed E-state index contributed by atoms with van der Waals surface area (Å²) in [6.45, 7) is 8.11. The summed E-state index contributed by atoms with van der Waals surface area (Å²) >= 11 is 0. The number of phosphoric ester groups is 1. The van der Waals surface area contributed by atoms with Crippen LogP contribution in [0, 0.1) is 5.82 Å². The van der Waals surface area contributed by atoms with Gasteiger partial charge in [0.05, 0.1) is 58.8 Å². The van der Waals surface area contributed by atoms with Crippen LogP contribution in [0.1, 0.15) is 162 Å². The van der Waals surface area contributed by atoms with Gasteiger partial charge in [0.25, 0.3) is 7.82 Å². The van der Waals surface area contributed by atoms with Crippen LogP contribution < -0.4 is 15.9 Å². The number of nitrogens with one attached hydrogen (secondary N) is 1. The van der Waals surface area contributed by atoms with Gasteiger partial charge in [-0.25, -0.2) is 14.0 Å². The van der Waals surface area contributed by atoms with Crippen molar-refractivity contribution in [2.24, 2.45) is 0 Å². The van der Waals surface area contributed by atoms with Crippen LogP contribution >= 0.6 is 7.82 Å². The zero-order chi connectivity index (χ0) is 41.4. The highest BCUT2D eigenvalue weighted by molar-refractivity contribution is 7.45. The minimum absolute atomic E-state index is 0.177. The number of aromatic nitrogens is 2. The lowest BCUT2D eigenvalue weighted by molar-refractivity contribution is -0.896. The van der Waals surface area contributed by atoms with Crippen LogP contribution in [-0.2, 0) is 23.1 Å². The number of ether oxygens (including phenoxy) is 2. The topological polar surface area (TPSA) is 182 Å². The van der Waals surface area contributed by atoms with Gasteiger partial charge >= 0.3 is 11.8 Å². The minimum atomic E-state index is -4.15. The van der Waals surface area contributed by atoms with Gasteiger partial charge in [0.1, 0.15) is 12.2 Å². The zero-order valence-corrected chi connectivity index (χ0v) is 35.9. The Balaban J connectivity index is 0.000000395. The number of halogens is 1. The number of hydrogen-bond acceptors (Lipinski definition) is 11. The Kier molecular flexibility index (Phi) is 24.8. The van der Waals surface area contributed by atoms with Crippen LogP contribution in [0.2, 0.25) is 0 Å². The van der Waals surface area contributed by atoms with Gasteiger partial charge in [-0.3, -0.25) is 14.4 Å². The number of carbonyl (C=O) groups is 1. The van der Waals surface area contributed by atoms with Crippen molar-refractivity contribution in [1.82, 2.24) is 9.55 Å². The fourth-order valence-electron chi connectivity index (χ4n) is 6.81. The lowest BCUT2D eigenvalue weighted by Crippen LogP contribution is -2.48. The summed E-state index contributed by atoms with van der Waals surface area (Å²) in [4.78, 5) is 39.0. The van der Waals surface area contributed by atoms with Crippen LogP contribution in [0.15, 0.2) is 11.0 Å². The normalized spacial score (nSPS) is 21.9. The van der Waals surface area contributed by atoms with Gasteiger partial charge in [-0.05, 0) is 19.8 Å². The molecule has 14 nitrogen and oxygen atoms in total. The standard InChI is InChI=1S/C25H52NO4P.C15H22FN3O6/c1-4-5-6-7-8-9-10-11-12-13-14-15-16-17-18-19-24-29-31(27,28)30-25-20-22-26(2,3)23-21-25;1-3-4-5-6-24-15(23)18-12-9(16)7-19(14(22)17-12)13-11(21)10(20)8(2)25-13/h25H,4-24H2,1-3H3;7-8,10-11,13,20-21H,3-6H2,1-2H3,(H,17,18,22,23)/t;8-,10-,11-,13-/m.1/s1. The molecule has 2 fully saturated rings.